The van der Waals surface area contributed by atoms with Crippen molar-refractivity contribution in [2.45, 2.75) is 19.4 Å². The molecule has 74 valence electrons. The molecule has 0 heterocycles. The number of methoxy groups -OCH3 is 1. The number of ether oxygens (including phenoxy) is 1. The molecule has 0 bridgehead atoms. The van der Waals surface area contributed by atoms with Crippen molar-refractivity contribution in [2.75, 3.05) is 12.4 Å². The molecular formula is C12H15NO. The molecule has 0 aliphatic rings. The molecule has 2 heteroatoms. The molecule has 0 amide bonds. The Morgan fingerprint density at radius 3 is 2.93 bits per heavy atom. The Bertz CT molecular complexity index is 327. The van der Waals surface area contributed by atoms with E-state index in [9.17, 15) is 0 Å². The first kappa shape index (κ1) is 10.5. The second kappa shape index (κ2) is 5.18. The van der Waals surface area contributed by atoms with Gasteiger partial charge in [-0.2, -0.15) is 0 Å². The molecule has 0 saturated heterocycles. The van der Waals surface area contributed by atoms with E-state index in [0.717, 1.165) is 17.9 Å². The zero-order valence-electron chi connectivity index (χ0n) is 8.58. The van der Waals surface area contributed by atoms with Crippen LogP contribution in [0.15, 0.2) is 24.3 Å². The lowest BCUT2D eigenvalue weighted by molar-refractivity contribution is 0.415. The first-order valence-electron chi connectivity index (χ1n) is 4.67. The lowest BCUT2D eigenvalue weighted by Gasteiger charge is -2.12. The third-order valence-corrected chi connectivity index (χ3v) is 2.02. The predicted octanol–water partition coefficient (Wildman–Crippen LogP) is 2.52. The molecule has 0 saturated carbocycles. The van der Waals surface area contributed by atoms with Crippen molar-refractivity contribution < 1.29 is 4.74 Å². The fraction of sp³-hybridized carbons (Fsp3) is 0.333. The maximum Gasteiger partial charge on any atom is 0.120 e. The highest BCUT2D eigenvalue weighted by Gasteiger charge is 2.01. The van der Waals surface area contributed by atoms with E-state index in [4.69, 9.17) is 11.2 Å². The largest absolute Gasteiger partial charge is 0.497 e. The van der Waals surface area contributed by atoms with Crippen LogP contribution in [0.3, 0.4) is 0 Å². The van der Waals surface area contributed by atoms with Crippen molar-refractivity contribution in [3.05, 3.63) is 24.3 Å². The van der Waals surface area contributed by atoms with Crippen LogP contribution in [0.4, 0.5) is 5.69 Å². The summed E-state index contributed by atoms with van der Waals surface area (Å²) in [5.41, 5.74) is 0.995. The second-order valence-corrected chi connectivity index (χ2v) is 3.00. The van der Waals surface area contributed by atoms with Crippen LogP contribution < -0.4 is 10.1 Å². The fourth-order valence-corrected chi connectivity index (χ4v) is 1.18. The summed E-state index contributed by atoms with van der Waals surface area (Å²) in [5, 5.41) is 3.24. The van der Waals surface area contributed by atoms with Crippen molar-refractivity contribution in [1.29, 1.82) is 0 Å². The van der Waals surface area contributed by atoms with Gasteiger partial charge >= 0.3 is 0 Å². The van der Waals surface area contributed by atoms with E-state index in [2.05, 4.69) is 18.2 Å². The summed E-state index contributed by atoms with van der Waals surface area (Å²) in [6.45, 7) is 2.05. The predicted molar refractivity (Wildman–Crippen MR) is 59.5 cm³/mol. The molecule has 0 aromatic heterocycles. The van der Waals surface area contributed by atoms with E-state index in [1.165, 1.54) is 0 Å². The molecule has 1 rings (SSSR count). The average Bonchev–Trinajstić information content (AvgIpc) is 2.26. The minimum Gasteiger partial charge on any atom is -0.497 e. The highest BCUT2D eigenvalue weighted by atomic mass is 16.5. The van der Waals surface area contributed by atoms with Crippen LogP contribution >= 0.6 is 0 Å². The Morgan fingerprint density at radius 2 is 2.36 bits per heavy atom. The number of nitrogens with one attached hydrogen (secondary N) is 1. The van der Waals surface area contributed by atoms with Crippen LogP contribution in [-0.2, 0) is 0 Å². The molecule has 2 nitrogen and oxygen atoms in total. The summed E-state index contributed by atoms with van der Waals surface area (Å²) in [4.78, 5) is 0. The first-order valence-corrected chi connectivity index (χ1v) is 4.67. The Balaban J connectivity index is 2.71. The molecule has 1 N–H and O–H groups in total. The molecule has 1 unspecified atom stereocenters. The SMILES string of the molecule is C#CC(CC)Nc1cccc(OC)c1. The van der Waals surface area contributed by atoms with Gasteiger partial charge in [-0.15, -0.1) is 6.42 Å². The van der Waals surface area contributed by atoms with Gasteiger partial charge in [0, 0.05) is 11.8 Å². The Morgan fingerprint density at radius 1 is 1.57 bits per heavy atom. The van der Waals surface area contributed by atoms with Crippen molar-refractivity contribution in [2.24, 2.45) is 0 Å². The van der Waals surface area contributed by atoms with Crippen LogP contribution in [0.2, 0.25) is 0 Å². The van der Waals surface area contributed by atoms with Crippen molar-refractivity contribution in [1.82, 2.24) is 0 Å². The van der Waals surface area contributed by atoms with Gasteiger partial charge in [0.25, 0.3) is 0 Å². The van der Waals surface area contributed by atoms with Crippen molar-refractivity contribution in [3.63, 3.8) is 0 Å². The van der Waals surface area contributed by atoms with Crippen LogP contribution in [-0.4, -0.2) is 13.2 Å². The summed E-state index contributed by atoms with van der Waals surface area (Å²) in [6.07, 6.45) is 6.27. The number of hydrogen-bond donors (Lipinski definition) is 1. The van der Waals surface area contributed by atoms with Crippen LogP contribution in [0.5, 0.6) is 5.75 Å². The highest BCUT2D eigenvalue weighted by Crippen LogP contribution is 2.17. The third kappa shape index (κ3) is 2.70. The van der Waals surface area contributed by atoms with Gasteiger partial charge in [0.2, 0.25) is 0 Å². The van der Waals surface area contributed by atoms with Crippen molar-refractivity contribution in [3.8, 4) is 18.1 Å². The molecule has 0 aliphatic heterocycles. The molecule has 1 aromatic carbocycles. The molecule has 1 atom stereocenters. The van der Waals surface area contributed by atoms with Crippen LogP contribution in [0.1, 0.15) is 13.3 Å². The molecule has 0 aliphatic carbocycles. The molecule has 0 spiro atoms. The average molecular weight is 189 g/mol. The van der Waals surface area contributed by atoms with E-state index in [1.54, 1.807) is 7.11 Å². The van der Waals surface area contributed by atoms with Gasteiger partial charge in [0.1, 0.15) is 5.75 Å². The number of benzene rings is 1. The molecule has 0 radical (unpaired) electrons. The molecule has 0 fully saturated rings. The normalized spacial score (nSPS) is 11.5. The summed E-state index contributed by atoms with van der Waals surface area (Å²) >= 11 is 0. The maximum absolute atomic E-state index is 5.36. The van der Waals surface area contributed by atoms with E-state index >= 15 is 0 Å². The standard InChI is InChI=1S/C12H15NO/c1-4-10(5-2)13-11-7-6-8-12(9-11)14-3/h1,6-10,13H,5H2,2-3H3. The quantitative estimate of drug-likeness (QED) is 0.735. The van der Waals surface area contributed by atoms with E-state index in [1.807, 2.05) is 24.3 Å². The third-order valence-electron chi connectivity index (χ3n) is 2.02. The van der Waals surface area contributed by atoms with E-state index in [0.29, 0.717) is 0 Å². The lowest BCUT2D eigenvalue weighted by Crippen LogP contribution is -2.15. The highest BCUT2D eigenvalue weighted by molar-refractivity contribution is 5.49. The van der Waals surface area contributed by atoms with Gasteiger partial charge in [-0.1, -0.05) is 18.9 Å². The number of terminal acetylenes is 1. The number of hydrogen-bond acceptors (Lipinski definition) is 2. The summed E-state index contributed by atoms with van der Waals surface area (Å²) in [6, 6.07) is 7.83. The van der Waals surface area contributed by atoms with Crippen molar-refractivity contribution >= 4 is 5.69 Å². The van der Waals surface area contributed by atoms with Gasteiger partial charge < -0.3 is 10.1 Å². The van der Waals surface area contributed by atoms with Crippen LogP contribution in [0, 0.1) is 12.3 Å². The van der Waals surface area contributed by atoms with E-state index < -0.39 is 0 Å². The van der Waals surface area contributed by atoms with Gasteiger partial charge in [-0.3, -0.25) is 0 Å². The monoisotopic (exact) mass is 189 g/mol. The van der Waals surface area contributed by atoms with Gasteiger partial charge in [0.15, 0.2) is 0 Å². The summed E-state index contributed by atoms with van der Waals surface area (Å²) in [7, 11) is 1.65. The zero-order valence-corrected chi connectivity index (χ0v) is 8.58. The van der Waals surface area contributed by atoms with Gasteiger partial charge in [0.05, 0.1) is 13.2 Å². The van der Waals surface area contributed by atoms with Gasteiger partial charge in [-0.25, -0.2) is 0 Å². The Labute approximate surface area is 85.3 Å². The van der Waals surface area contributed by atoms with Gasteiger partial charge in [-0.05, 0) is 18.6 Å². The second-order valence-electron chi connectivity index (χ2n) is 3.00. The number of rotatable bonds is 4. The minimum atomic E-state index is 0.0853. The summed E-state index contributed by atoms with van der Waals surface area (Å²) < 4.78 is 5.11. The zero-order chi connectivity index (χ0) is 10.4. The molecule has 1 aromatic rings. The van der Waals surface area contributed by atoms with Crippen LogP contribution in [0.25, 0.3) is 0 Å². The minimum absolute atomic E-state index is 0.0853. The molecule has 14 heavy (non-hydrogen) atoms. The maximum atomic E-state index is 5.36. The smallest absolute Gasteiger partial charge is 0.120 e. The molecular weight excluding hydrogens is 174 g/mol. The Kier molecular flexibility index (Phi) is 3.87. The first-order chi connectivity index (χ1) is 6.80. The fourth-order valence-electron chi connectivity index (χ4n) is 1.18. The van der Waals surface area contributed by atoms with E-state index in [-0.39, 0.29) is 6.04 Å². The Hall–Kier alpha value is -1.62. The lowest BCUT2D eigenvalue weighted by atomic mass is 10.2. The number of anilines is 1. The summed E-state index contributed by atoms with van der Waals surface area (Å²) in [5.74, 6) is 3.52. The topological polar surface area (TPSA) is 21.3 Å².